The fourth-order valence-electron chi connectivity index (χ4n) is 2.08. The maximum absolute atomic E-state index is 14.0. The molecule has 1 aliphatic heterocycles. The zero-order chi connectivity index (χ0) is 14.5. The molecule has 0 bridgehead atoms. The molecule has 0 radical (unpaired) electrons. The SMILES string of the molecule is CC1CN(C(=O)c2ccc(C#CCO)cc2F)CCO1. The minimum Gasteiger partial charge on any atom is -0.384 e. The van der Waals surface area contributed by atoms with Crippen molar-refractivity contribution in [2.24, 2.45) is 0 Å². The molecule has 1 aromatic carbocycles. The lowest BCUT2D eigenvalue weighted by Crippen LogP contribution is -2.44. The van der Waals surface area contributed by atoms with Crippen molar-refractivity contribution in [1.29, 1.82) is 0 Å². The Bertz CT molecular complexity index is 562. The van der Waals surface area contributed by atoms with Gasteiger partial charge >= 0.3 is 0 Å². The summed E-state index contributed by atoms with van der Waals surface area (Å²) in [6, 6.07) is 4.21. The van der Waals surface area contributed by atoms with Crippen LogP contribution >= 0.6 is 0 Å². The van der Waals surface area contributed by atoms with Gasteiger partial charge in [-0.1, -0.05) is 11.8 Å². The van der Waals surface area contributed by atoms with Crippen LogP contribution in [0.4, 0.5) is 4.39 Å². The smallest absolute Gasteiger partial charge is 0.256 e. The molecule has 0 spiro atoms. The van der Waals surface area contributed by atoms with Crippen molar-refractivity contribution in [2.75, 3.05) is 26.3 Å². The number of nitrogens with zero attached hydrogens (tertiary/aromatic N) is 1. The summed E-state index contributed by atoms with van der Waals surface area (Å²) in [6.07, 6.45) is -0.0366. The molecule has 1 amide bonds. The third-order valence-corrected chi connectivity index (χ3v) is 3.04. The fraction of sp³-hybridized carbons (Fsp3) is 0.400. The first-order valence-corrected chi connectivity index (χ1v) is 6.42. The third-order valence-electron chi connectivity index (χ3n) is 3.04. The molecule has 20 heavy (non-hydrogen) atoms. The Morgan fingerprint density at radius 2 is 2.40 bits per heavy atom. The van der Waals surface area contributed by atoms with Crippen molar-refractivity contribution < 1.29 is 19.0 Å². The number of carbonyl (C=O) groups is 1. The largest absolute Gasteiger partial charge is 0.384 e. The van der Waals surface area contributed by atoms with Gasteiger partial charge in [0.05, 0.1) is 18.3 Å². The Morgan fingerprint density at radius 1 is 1.60 bits per heavy atom. The fourth-order valence-corrected chi connectivity index (χ4v) is 2.08. The first kappa shape index (κ1) is 14.5. The van der Waals surface area contributed by atoms with Crippen molar-refractivity contribution >= 4 is 5.91 Å². The highest BCUT2D eigenvalue weighted by atomic mass is 19.1. The number of rotatable bonds is 1. The summed E-state index contributed by atoms with van der Waals surface area (Å²) in [5, 5.41) is 8.59. The van der Waals surface area contributed by atoms with Gasteiger partial charge in [-0.15, -0.1) is 0 Å². The summed E-state index contributed by atoms with van der Waals surface area (Å²) < 4.78 is 19.3. The molecule has 1 fully saturated rings. The zero-order valence-corrected chi connectivity index (χ0v) is 11.2. The van der Waals surface area contributed by atoms with Crippen LogP contribution < -0.4 is 0 Å². The van der Waals surface area contributed by atoms with Gasteiger partial charge in [-0.3, -0.25) is 4.79 Å². The molecule has 1 aliphatic rings. The van der Waals surface area contributed by atoms with Gasteiger partial charge in [0.25, 0.3) is 5.91 Å². The van der Waals surface area contributed by atoms with Crippen molar-refractivity contribution in [3.05, 3.63) is 35.1 Å². The summed E-state index contributed by atoms with van der Waals surface area (Å²) >= 11 is 0. The zero-order valence-electron chi connectivity index (χ0n) is 11.2. The predicted octanol–water partition coefficient (Wildman–Crippen LogP) is 1.03. The number of hydrogen-bond donors (Lipinski definition) is 1. The highest BCUT2D eigenvalue weighted by Gasteiger charge is 2.24. The number of amides is 1. The molecule has 2 rings (SSSR count). The Kier molecular flexibility index (Phi) is 4.72. The Hall–Kier alpha value is -1.90. The number of morpholine rings is 1. The summed E-state index contributed by atoms with van der Waals surface area (Å²) in [4.78, 5) is 13.8. The van der Waals surface area contributed by atoms with Crippen molar-refractivity contribution in [3.63, 3.8) is 0 Å². The van der Waals surface area contributed by atoms with E-state index in [0.717, 1.165) is 0 Å². The topological polar surface area (TPSA) is 49.8 Å². The van der Waals surface area contributed by atoms with Gasteiger partial charge < -0.3 is 14.7 Å². The van der Waals surface area contributed by atoms with E-state index in [0.29, 0.717) is 25.3 Å². The molecule has 1 saturated heterocycles. The molecule has 5 heteroatoms. The molecule has 4 nitrogen and oxygen atoms in total. The highest BCUT2D eigenvalue weighted by Crippen LogP contribution is 2.15. The highest BCUT2D eigenvalue weighted by molar-refractivity contribution is 5.94. The van der Waals surface area contributed by atoms with Crippen LogP contribution in [0.5, 0.6) is 0 Å². The van der Waals surface area contributed by atoms with E-state index < -0.39 is 5.82 Å². The van der Waals surface area contributed by atoms with Crippen molar-refractivity contribution in [1.82, 2.24) is 4.90 Å². The lowest BCUT2D eigenvalue weighted by molar-refractivity contribution is -0.0125. The second-order valence-electron chi connectivity index (χ2n) is 4.59. The van der Waals surface area contributed by atoms with Crippen LogP contribution in [0.15, 0.2) is 18.2 Å². The normalized spacial score (nSPS) is 18.4. The monoisotopic (exact) mass is 277 g/mol. The molecule has 0 aromatic heterocycles. The van der Waals surface area contributed by atoms with Crippen molar-refractivity contribution in [3.8, 4) is 11.8 Å². The maximum Gasteiger partial charge on any atom is 0.256 e. The first-order valence-electron chi connectivity index (χ1n) is 6.42. The van der Waals surface area contributed by atoms with Gasteiger partial charge in [0.15, 0.2) is 0 Å². The quantitative estimate of drug-likeness (QED) is 0.780. The number of aliphatic hydroxyl groups is 1. The summed E-state index contributed by atoms with van der Waals surface area (Å²) in [5.74, 6) is 4.11. The van der Waals surface area contributed by atoms with Crippen LogP contribution in [0.2, 0.25) is 0 Å². The standard InChI is InChI=1S/C15H16FNO3/c1-11-10-17(6-8-20-11)15(19)13-5-4-12(3-2-7-18)9-14(13)16/h4-5,9,11,18H,6-8,10H2,1H3. The Labute approximate surface area is 117 Å². The van der Waals surface area contributed by atoms with E-state index in [2.05, 4.69) is 11.8 Å². The maximum atomic E-state index is 14.0. The molecule has 0 aliphatic carbocycles. The number of hydrogen-bond acceptors (Lipinski definition) is 3. The molecule has 1 N–H and O–H groups in total. The minimum absolute atomic E-state index is 0.0358. The van der Waals surface area contributed by atoms with E-state index in [1.807, 2.05) is 6.92 Å². The van der Waals surface area contributed by atoms with Gasteiger partial charge in [-0.2, -0.15) is 0 Å². The van der Waals surface area contributed by atoms with Gasteiger partial charge in [0.2, 0.25) is 0 Å². The Morgan fingerprint density at radius 3 is 3.05 bits per heavy atom. The molecular weight excluding hydrogens is 261 g/mol. The number of aliphatic hydroxyl groups excluding tert-OH is 1. The summed E-state index contributed by atoms with van der Waals surface area (Å²) in [5.41, 5.74) is 0.470. The van der Waals surface area contributed by atoms with E-state index in [1.165, 1.54) is 12.1 Å². The van der Waals surface area contributed by atoms with Crippen LogP contribution in [0.25, 0.3) is 0 Å². The van der Waals surface area contributed by atoms with E-state index >= 15 is 0 Å². The van der Waals surface area contributed by atoms with Crippen LogP contribution in [0, 0.1) is 17.7 Å². The molecule has 106 valence electrons. The van der Waals surface area contributed by atoms with Crippen LogP contribution in [0.1, 0.15) is 22.8 Å². The van der Waals surface area contributed by atoms with Gasteiger partial charge in [-0.25, -0.2) is 4.39 Å². The number of benzene rings is 1. The molecule has 1 unspecified atom stereocenters. The minimum atomic E-state index is -0.598. The number of carbonyl (C=O) groups excluding carboxylic acids is 1. The van der Waals surface area contributed by atoms with Gasteiger partial charge in [-0.05, 0) is 25.1 Å². The predicted molar refractivity (Wildman–Crippen MR) is 71.7 cm³/mol. The second kappa shape index (κ2) is 6.51. The van der Waals surface area contributed by atoms with E-state index in [1.54, 1.807) is 11.0 Å². The van der Waals surface area contributed by atoms with Gasteiger partial charge in [0, 0.05) is 18.7 Å². The van der Waals surface area contributed by atoms with E-state index in [-0.39, 0.29) is 24.2 Å². The molecule has 1 aromatic rings. The van der Waals surface area contributed by atoms with Crippen molar-refractivity contribution in [2.45, 2.75) is 13.0 Å². The third kappa shape index (κ3) is 3.35. The van der Waals surface area contributed by atoms with E-state index in [9.17, 15) is 9.18 Å². The molecular formula is C15H16FNO3. The van der Waals surface area contributed by atoms with E-state index in [4.69, 9.17) is 9.84 Å². The first-order chi connectivity index (χ1) is 9.61. The van der Waals surface area contributed by atoms with Gasteiger partial charge in [0.1, 0.15) is 12.4 Å². The number of halogens is 1. The summed E-state index contributed by atoms with van der Waals surface area (Å²) in [6.45, 7) is 2.99. The molecule has 1 atom stereocenters. The summed E-state index contributed by atoms with van der Waals surface area (Å²) in [7, 11) is 0. The van der Waals surface area contributed by atoms with Crippen LogP contribution in [0.3, 0.4) is 0 Å². The number of ether oxygens (including phenoxy) is 1. The lowest BCUT2D eigenvalue weighted by Gasteiger charge is -2.31. The van der Waals surface area contributed by atoms with Crippen LogP contribution in [-0.2, 0) is 4.74 Å². The molecule has 1 heterocycles. The second-order valence-corrected chi connectivity index (χ2v) is 4.59. The van der Waals surface area contributed by atoms with Crippen LogP contribution in [-0.4, -0.2) is 48.3 Å². The Balaban J connectivity index is 2.17. The average molecular weight is 277 g/mol. The molecule has 0 saturated carbocycles. The average Bonchev–Trinajstić information content (AvgIpc) is 2.44. The lowest BCUT2D eigenvalue weighted by atomic mass is 10.1.